The summed E-state index contributed by atoms with van der Waals surface area (Å²) in [6.45, 7) is 4.11. The van der Waals surface area contributed by atoms with Crippen molar-refractivity contribution in [2.75, 3.05) is 36.6 Å². The summed E-state index contributed by atoms with van der Waals surface area (Å²) in [4.78, 5) is 14.2. The Bertz CT molecular complexity index is 456. The van der Waals surface area contributed by atoms with E-state index in [0.29, 0.717) is 11.8 Å². The lowest BCUT2D eigenvalue weighted by Gasteiger charge is -2.34. The summed E-state index contributed by atoms with van der Waals surface area (Å²) in [7, 11) is 1.68. The van der Waals surface area contributed by atoms with Gasteiger partial charge in [-0.25, -0.2) is 0 Å². The number of piperidine rings is 1. The smallest absolute Gasteiger partial charge is 0.230 e. The first kappa shape index (κ1) is 17.0. The molecule has 0 aromatic heterocycles. The minimum absolute atomic E-state index is 0.182. The number of hydrogen-bond acceptors (Lipinski definition) is 4. The van der Waals surface area contributed by atoms with Crippen LogP contribution in [0.15, 0.2) is 24.3 Å². The summed E-state index contributed by atoms with van der Waals surface area (Å²) < 4.78 is 5.19. The molecule has 0 radical (unpaired) electrons. The molecule has 0 spiro atoms. The maximum atomic E-state index is 11.8. The zero-order valence-electron chi connectivity index (χ0n) is 13.5. The van der Waals surface area contributed by atoms with Crippen LogP contribution in [-0.4, -0.2) is 43.7 Å². The van der Waals surface area contributed by atoms with Gasteiger partial charge in [0.15, 0.2) is 0 Å². The van der Waals surface area contributed by atoms with E-state index in [1.165, 1.54) is 5.69 Å². The molecule has 1 saturated heterocycles. The molecule has 1 N–H and O–H groups in total. The Morgan fingerprint density at radius 3 is 2.59 bits per heavy atom. The van der Waals surface area contributed by atoms with Crippen LogP contribution in [-0.2, 0) is 4.79 Å². The molecule has 1 fully saturated rings. The highest BCUT2D eigenvalue weighted by atomic mass is 32.2. The van der Waals surface area contributed by atoms with Crippen molar-refractivity contribution in [3.8, 4) is 5.75 Å². The van der Waals surface area contributed by atoms with Crippen LogP contribution < -0.4 is 15.0 Å². The second kappa shape index (κ2) is 8.93. The first-order valence-corrected chi connectivity index (χ1v) is 9.14. The summed E-state index contributed by atoms with van der Waals surface area (Å²) >= 11 is 1.72. The molecular formula is C17H26N2O2S. The summed E-state index contributed by atoms with van der Waals surface area (Å²) in [6, 6.07) is 8.50. The molecule has 1 aliphatic rings. The van der Waals surface area contributed by atoms with E-state index in [9.17, 15) is 4.79 Å². The van der Waals surface area contributed by atoms with Crippen molar-refractivity contribution in [1.82, 2.24) is 5.32 Å². The Morgan fingerprint density at radius 2 is 2.00 bits per heavy atom. The number of methoxy groups -OCH3 is 1. The van der Waals surface area contributed by atoms with Gasteiger partial charge < -0.3 is 15.0 Å². The number of nitrogens with one attached hydrogen (secondary N) is 1. The van der Waals surface area contributed by atoms with Crippen molar-refractivity contribution < 1.29 is 9.53 Å². The molecule has 1 amide bonds. The topological polar surface area (TPSA) is 41.6 Å². The van der Waals surface area contributed by atoms with Gasteiger partial charge in [-0.3, -0.25) is 4.79 Å². The number of amides is 1. The van der Waals surface area contributed by atoms with Gasteiger partial charge in [0, 0.05) is 24.8 Å². The lowest BCUT2D eigenvalue weighted by Crippen LogP contribution is -2.45. The van der Waals surface area contributed by atoms with Crippen molar-refractivity contribution in [2.45, 2.75) is 32.2 Å². The number of rotatable bonds is 7. The molecule has 1 aromatic carbocycles. The second-order valence-electron chi connectivity index (χ2n) is 5.58. The Morgan fingerprint density at radius 1 is 1.32 bits per heavy atom. The third-order valence-electron chi connectivity index (χ3n) is 3.88. The lowest BCUT2D eigenvalue weighted by molar-refractivity contribution is -0.119. The summed E-state index contributed by atoms with van der Waals surface area (Å²) in [6.07, 6.45) is 3.14. The van der Waals surface area contributed by atoms with Gasteiger partial charge in [-0.2, -0.15) is 11.8 Å². The molecule has 1 heterocycles. The number of ether oxygens (including phenoxy) is 1. The van der Waals surface area contributed by atoms with E-state index >= 15 is 0 Å². The van der Waals surface area contributed by atoms with Crippen LogP contribution in [0.4, 0.5) is 5.69 Å². The van der Waals surface area contributed by atoms with Gasteiger partial charge in [0.1, 0.15) is 5.75 Å². The van der Waals surface area contributed by atoms with E-state index in [1.54, 1.807) is 18.9 Å². The average molecular weight is 322 g/mol. The van der Waals surface area contributed by atoms with Gasteiger partial charge in [0.25, 0.3) is 0 Å². The number of carbonyl (C=O) groups excluding carboxylic acids is 1. The number of nitrogens with zero attached hydrogens (tertiary/aromatic N) is 1. The molecular weight excluding hydrogens is 296 g/mol. The van der Waals surface area contributed by atoms with E-state index in [1.807, 2.05) is 12.1 Å². The minimum atomic E-state index is 0.182. The average Bonchev–Trinajstić information content (AvgIpc) is 2.56. The van der Waals surface area contributed by atoms with Crippen LogP contribution in [0.25, 0.3) is 0 Å². The normalized spacial score (nSPS) is 15.6. The SMILES string of the molecule is CCCSCC(=O)NC1CCN(c2ccc(OC)cc2)CC1. The van der Waals surface area contributed by atoms with Crippen LogP contribution in [0.5, 0.6) is 5.75 Å². The first-order valence-electron chi connectivity index (χ1n) is 7.99. The fraction of sp³-hybridized carbons (Fsp3) is 0.588. The maximum Gasteiger partial charge on any atom is 0.230 e. The molecule has 4 nitrogen and oxygen atoms in total. The molecule has 0 unspecified atom stereocenters. The number of benzene rings is 1. The van der Waals surface area contributed by atoms with Crippen LogP contribution in [0, 0.1) is 0 Å². The van der Waals surface area contributed by atoms with Crippen LogP contribution in [0.3, 0.4) is 0 Å². The van der Waals surface area contributed by atoms with E-state index < -0.39 is 0 Å². The van der Waals surface area contributed by atoms with Gasteiger partial charge in [0.05, 0.1) is 12.9 Å². The van der Waals surface area contributed by atoms with Gasteiger partial charge in [-0.15, -0.1) is 0 Å². The van der Waals surface area contributed by atoms with E-state index in [-0.39, 0.29) is 5.91 Å². The Kier molecular flexibility index (Phi) is 6.90. The van der Waals surface area contributed by atoms with Crippen molar-refractivity contribution in [1.29, 1.82) is 0 Å². The van der Waals surface area contributed by atoms with Crippen LogP contribution >= 0.6 is 11.8 Å². The van der Waals surface area contributed by atoms with Crippen molar-refractivity contribution in [2.24, 2.45) is 0 Å². The predicted octanol–water partition coefficient (Wildman–Crippen LogP) is 2.92. The Hall–Kier alpha value is -1.36. The highest BCUT2D eigenvalue weighted by molar-refractivity contribution is 7.99. The maximum absolute atomic E-state index is 11.8. The molecule has 0 atom stereocenters. The minimum Gasteiger partial charge on any atom is -0.497 e. The van der Waals surface area contributed by atoms with E-state index in [4.69, 9.17) is 4.74 Å². The number of thioether (sulfide) groups is 1. The van der Waals surface area contributed by atoms with Crippen LogP contribution in [0.1, 0.15) is 26.2 Å². The van der Waals surface area contributed by atoms with Gasteiger partial charge >= 0.3 is 0 Å². The molecule has 2 rings (SSSR count). The molecule has 1 aliphatic heterocycles. The van der Waals surface area contributed by atoms with Gasteiger partial charge in [-0.1, -0.05) is 6.92 Å². The fourth-order valence-corrected chi connectivity index (χ4v) is 3.36. The third-order valence-corrected chi connectivity index (χ3v) is 5.04. The van der Waals surface area contributed by atoms with E-state index in [0.717, 1.165) is 43.9 Å². The molecule has 122 valence electrons. The monoisotopic (exact) mass is 322 g/mol. The predicted molar refractivity (Wildman–Crippen MR) is 94.0 cm³/mol. The Balaban J connectivity index is 1.74. The molecule has 0 saturated carbocycles. The summed E-state index contributed by atoms with van der Waals surface area (Å²) in [5.74, 6) is 2.72. The van der Waals surface area contributed by atoms with Crippen molar-refractivity contribution in [3.05, 3.63) is 24.3 Å². The molecule has 5 heteroatoms. The number of anilines is 1. The highest BCUT2D eigenvalue weighted by Crippen LogP contribution is 2.22. The van der Waals surface area contributed by atoms with Gasteiger partial charge in [-0.05, 0) is 49.3 Å². The third kappa shape index (κ3) is 5.13. The quantitative estimate of drug-likeness (QED) is 0.784. The first-order chi connectivity index (χ1) is 10.7. The largest absolute Gasteiger partial charge is 0.497 e. The zero-order valence-corrected chi connectivity index (χ0v) is 14.3. The highest BCUT2D eigenvalue weighted by Gasteiger charge is 2.20. The van der Waals surface area contributed by atoms with Crippen LogP contribution in [0.2, 0.25) is 0 Å². The number of hydrogen-bond donors (Lipinski definition) is 1. The number of carbonyl (C=O) groups is 1. The molecule has 0 bridgehead atoms. The van der Waals surface area contributed by atoms with Crippen molar-refractivity contribution >= 4 is 23.4 Å². The molecule has 0 aliphatic carbocycles. The molecule has 22 heavy (non-hydrogen) atoms. The molecule has 1 aromatic rings. The zero-order chi connectivity index (χ0) is 15.8. The fourth-order valence-electron chi connectivity index (χ4n) is 2.65. The van der Waals surface area contributed by atoms with E-state index in [2.05, 4.69) is 29.3 Å². The second-order valence-corrected chi connectivity index (χ2v) is 6.68. The summed E-state index contributed by atoms with van der Waals surface area (Å²) in [5.41, 5.74) is 1.23. The summed E-state index contributed by atoms with van der Waals surface area (Å²) in [5, 5.41) is 3.16. The van der Waals surface area contributed by atoms with Gasteiger partial charge in [0.2, 0.25) is 5.91 Å². The Labute approximate surface area is 137 Å². The van der Waals surface area contributed by atoms with Crippen molar-refractivity contribution in [3.63, 3.8) is 0 Å². The lowest BCUT2D eigenvalue weighted by atomic mass is 10.0. The standard InChI is InChI=1S/C17H26N2O2S/c1-3-12-22-13-17(20)18-14-8-10-19(11-9-14)15-4-6-16(21-2)7-5-15/h4-7,14H,3,8-13H2,1-2H3,(H,18,20).